The summed E-state index contributed by atoms with van der Waals surface area (Å²) in [5.74, 6) is 0.786. The van der Waals surface area contributed by atoms with Gasteiger partial charge in [-0.1, -0.05) is 36.4 Å². The Morgan fingerprint density at radius 3 is 2.88 bits per heavy atom. The Kier molecular flexibility index (Phi) is 5.24. The van der Waals surface area contributed by atoms with Crippen LogP contribution >= 0.6 is 0 Å². The van der Waals surface area contributed by atoms with Gasteiger partial charge in [-0.15, -0.1) is 0 Å². The number of aliphatic hydroxyl groups is 1. The highest BCUT2D eigenvalue weighted by atomic mass is 16.5. The second-order valence-corrected chi connectivity index (χ2v) is 6.32. The first-order valence-corrected chi connectivity index (χ1v) is 8.61. The molecule has 2 amide bonds. The predicted octanol–water partition coefficient (Wildman–Crippen LogP) is 2.85. The van der Waals surface area contributed by atoms with Crippen molar-refractivity contribution in [1.82, 2.24) is 10.6 Å². The van der Waals surface area contributed by atoms with Gasteiger partial charge in [0.15, 0.2) is 0 Å². The van der Waals surface area contributed by atoms with Gasteiger partial charge < -0.3 is 20.5 Å². The predicted molar refractivity (Wildman–Crippen MR) is 96.6 cm³/mol. The number of carbonyl (C=O) groups excluding carboxylic acids is 1. The number of hydrogen-bond acceptors (Lipinski definition) is 3. The molecule has 0 aromatic heterocycles. The SMILES string of the molecule is CCOc1cc(C)ccc1CNC(=O)NC1c2ccccc2CC1O. The first kappa shape index (κ1) is 17.3. The number of fused-ring (bicyclic) bond motifs is 1. The molecule has 1 aliphatic carbocycles. The summed E-state index contributed by atoms with van der Waals surface area (Å²) in [6, 6.07) is 13.0. The number of amides is 2. The molecule has 5 nitrogen and oxygen atoms in total. The molecule has 5 heteroatoms. The van der Waals surface area contributed by atoms with Gasteiger partial charge in [-0.2, -0.15) is 0 Å². The lowest BCUT2D eigenvalue weighted by Crippen LogP contribution is -2.40. The van der Waals surface area contributed by atoms with Crippen molar-refractivity contribution in [2.75, 3.05) is 6.61 Å². The molecule has 0 fully saturated rings. The highest BCUT2D eigenvalue weighted by molar-refractivity contribution is 5.75. The molecule has 0 aliphatic heterocycles. The lowest BCUT2D eigenvalue weighted by atomic mass is 10.1. The molecule has 0 bridgehead atoms. The number of ether oxygens (including phenoxy) is 1. The largest absolute Gasteiger partial charge is 0.494 e. The standard InChI is InChI=1S/C20H24N2O3/c1-3-25-18-10-13(2)8-9-15(18)12-21-20(24)22-19-16-7-5-4-6-14(16)11-17(19)23/h4-10,17,19,23H,3,11-12H2,1-2H3,(H2,21,22,24). The van der Waals surface area contributed by atoms with E-state index in [-0.39, 0.29) is 12.1 Å². The molecule has 0 saturated carbocycles. The number of benzene rings is 2. The topological polar surface area (TPSA) is 70.6 Å². The van der Waals surface area contributed by atoms with Crippen molar-refractivity contribution in [3.05, 3.63) is 64.7 Å². The summed E-state index contributed by atoms with van der Waals surface area (Å²) < 4.78 is 5.64. The molecule has 2 aromatic carbocycles. The van der Waals surface area contributed by atoms with Crippen LogP contribution in [0.25, 0.3) is 0 Å². The summed E-state index contributed by atoms with van der Waals surface area (Å²) in [6.07, 6.45) is -0.0328. The molecule has 0 spiro atoms. The maximum atomic E-state index is 12.3. The Balaban J connectivity index is 1.62. The fourth-order valence-corrected chi connectivity index (χ4v) is 3.21. The van der Waals surface area contributed by atoms with E-state index in [4.69, 9.17) is 4.74 Å². The first-order valence-electron chi connectivity index (χ1n) is 8.61. The van der Waals surface area contributed by atoms with Crippen molar-refractivity contribution < 1.29 is 14.6 Å². The monoisotopic (exact) mass is 340 g/mol. The molecule has 0 heterocycles. The van der Waals surface area contributed by atoms with Crippen LogP contribution in [0.4, 0.5) is 4.79 Å². The molecule has 132 valence electrons. The zero-order valence-corrected chi connectivity index (χ0v) is 14.6. The van der Waals surface area contributed by atoms with E-state index in [2.05, 4.69) is 10.6 Å². The molecule has 0 saturated heterocycles. The Morgan fingerprint density at radius 1 is 1.28 bits per heavy atom. The molecule has 3 rings (SSSR count). The summed E-state index contributed by atoms with van der Waals surface area (Å²) in [5.41, 5.74) is 4.10. The number of hydrogen-bond donors (Lipinski definition) is 3. The van der Waals surface area contributed by atoms with E-state index in [0.717, 1.165) is 28.0 Å². The van der Waals surface area contributed by atoms with Crippen LogP contribution in [-0.4, -0.2) is 23.8 Å². The number of rotatable bonds is 5. The summed E-state index contributed by atoms with van der Waals surface area (Å²) >= 11 is 0. The molecule has 2 unspecified atom stereocenters. The maximum absolute atomic E-state index is 12.3. The summed E-state index contributed by atoms with van der Waals surface area (Å²) in [7, 11) is 0. The van der Waals surface area contributed by atoms with Gasteiger partial charge in [0.1, 0.15) is 5.75 Å². The minimum Gasteiger partial charge on any atom is -0.494 e. The Labute approximate surface area is 148 Å². The van der Waals surface area contributed by atoms with Gasteiger partial charge in [0.2, 0.25) is 0 Å². The molecule has 1 aliphatic rings. The average Bonchev–Trinajstić information content (AvgIpc) is 2.90. The Hall–Kier alpha value is -2.53. The number of aryl methyl sites for hydroxylation is 1. The maximum Gasteiger partial charge on any atom is 0.315 e. The van der Waals surface area contributed by atoms with Crippen molar-refractivity contribution in [2.45, 2.75) is 39.0 Å². The second kappa shape index (κ2) is 7.57. The fraction of sp³-hybridized carbons (Fsp3) is 0.350. The van der Waals surface area contributed by atoms with Gasteiger partial charge in [-0.25, -0.2) is 4.79 Å². The molecule has 2 atom stereocenters. The van der Waals surface area contributed by atoms with E-state index in [9.17, 15) is 9.90 Å². The van der Waals surface area contributed by atoms with Gasteiger partial charge in [0, 0.05) is 18.5 Å². The molecule has 2 aromatic rings. The van der Waals surface area contributed by atoms with Gasteiger partial charge >= 0.3 is 6.03 Å². The Bertz CT molecular complexity index is 760. The van der Waals surface area contributed by atoms with Gasteiger partial charge in [0.25, 0.3) is 0 Å². The number of nitrogens with one attached hydrogen (secondary N) is 2. The Morgan fingerprint density at radius 2 is 2.08 bits per heavy atom. The van der Waals surface area contributed by atoms with E-state index in [0.29, 0.717) is 19.6 Å². The van der Waals surface area contributed by atoms with Crippen LogP contribution < -0.4 is 15.4 Å². The summed E-state index contributed by atoms with van der Waals surface area (Å²) in [4.78, 5) is 12.3. The number of carbonyl (C=O) groups is 1. The minimum absolute atomic E-state index is 0.302. The molecule has 3 N–H and O–H groups in total. The zero-order chi connectivity index (χ0) is 17.8. The van der Waals surface area contributed by atoms with Crippen LogP contribution in [0.2, 0.25) is 0 Å². The summed E-state index contributed by atoms with van der Waals surface area (Å²) in [5, 5.41) is 16.0. The lowest BCUT2D eigenvalue weighted by molar-refractivity contribution is 0.142. The van der Waals surface area contributed by atoms with Crippen LogP contribution in [0, 0.1) is 6.92 Å². The van der Waals surface area contributed by atoms with Crippen LogP contribution in [0.15, 0.2) is 42.5 Å². The minimum atomic E-state index is -0.596. The molecule has 0 radical (unpaired) electrons. The highest BCUT2D eigenvalue weighted by Gasteiger charge is 2.31. The van der Waals surface area contributed by atoms with Crippen molar-refractivity contribution in [2.24, 2.45) is 0 Å². The van der Waals surface area contributed by atoms with E-state index >= 15 is 0 Å². The lowest BCUT2D eigenvalue weighted by Gasteiger charge is -2.19. The van der Waals surface area contributed by atoms with Crippen molar-refractivity contribution in [1.29, 1.82) is 0 Å². The number of aliphatic hydroxyl groups excluding tert-OH is 1. The average molecular weight is 340 g/mol. The molecule has 25 heavy (non-hydrogen) atoms. The highest BCUT2D eigenvalue weighted by Crippen LogP contribution is 2.31. The van der Waals surface area contributed by atoms with Gasteiger partial charge in [-0.3, -0.25) is 0 Å². The second-order valence-electron chi connectivity index (χ2n) is 6.32. The smallest absolute Gasteiger partial charge is 0.315 e. The molecular formula is C20H24N2O3. The zero-order valence-electron chi connectivity index (χ0n) is 14.6. The third-order valence-corrected chi connectivity index (χ3v) is 4.45. The van der Waals surface area contributed by atoms with E-state index < -0.39 is 6.10 Å². The first-order chi connectivity index (χ1) is 12.1. The fourth-order valence-electron chi connectivity index (χ4n) is 3.21. The van der Waals surface area contributed by atoms with E-state index in [1.165, 1.54) is 0 Å². The van der Waals surface area contributed by atoms with E-state index in [1.807, 2.05) is 56.3 Å². The number of urea groups is 1. The quantitative estimate of drug-likeness (QED) is 0.784. The van der Waals surface area contributed by atoms with Crippen LogP contribution in [-0.2, 0) is 13.0 Å². The van der Waals surface area contributed by atoms with Crippen LogP contribution in [0.5, 0.6) is 5.75 Å². The summed E-state index contributed by atoms with van der Waals surface area (Å²) in [6.45, 7) is 4.89. The van der Waals surface area contributed by atoms with Gasteiger partial charge in [0.05, 0.1) is 18.8 Å². The molecular weight excluding hydrogens is 316 g/mol. The normalized spacial score (nSPS) is 18.5. The third-order valence-electron chi connectivity index (χ3n) is 4.45. The van der Waals surface area contributed by atoms with E-state index in [1.54, 1.807) is 0 Å². The van der Waals surface area contributed by atoms with Crippen LogP contribution in [0.1, 0.15) is 35.2 Å². The third kappa shape index (κ3) is 3.94. The van der Waals surface area contributed by atoms with Crippen molar-refractivity contribution in [3.63, 3.8) is 0 Å². The van der Waals surface area contributed by atoms with Gasteiger partial charge in [-0.05, 0) is 36.6 Å². The van der Waals surface area contributed by atoms with Crippen molar-refractivity contribution in [3.8, 4) is 5.75 Å². The van der Waals surface area contributed by atoms with Crippen molar-refractivity contribution >= 4 is 6.03 Å². The van der Waals surface area contributed by atoms with Crippen LogP contribution in [0.3, 0.4) is 0 Å².